The Hall–Kier alpha value is -2.57. The van der Waals surface area contributed by atoms with Gasteiger partial charge in [0.05, 0.1) is 16.8 Å². The molecule has 1 aromatic heterocycles. The van der Waals surface area contributed by atoms with Crippen LogP contribution in [0.3, 0.4) is 0 Å². The third kappa shape index (κ3) is 3.25. The summed E-state index contributed by atoms with van der Waals surface area (Å²) in [6, 6.07) is 17.8. The van der Waals surface area contributed by atoms with Crippen molar-refractivity contribution in [3.8, 4) is 0 Å². The molecule has 2 heterocycles. The van der Waals surface area contributed by atoms with Crippen LogP contribution < -0.4 is 9.62 Å². The minimum absolute atomic E-state index is 0.152. The molecule has 7 heteroatoms. The maximum absolute atomic E-state index is 12.4. The molecule has 1 aliphatic rings. The van der Waals surface area contributed by atoms with Gasteiger partial charge in [0.1, 0.15) is 5.82 Å². The van der Waals surface area contributed by atoms with Crippen LogP contribution >= 0.6 is 11.6 Å². The number of aromatic nitrogens is 1. The van der Waals surface area contributed by atoms with E-state index in [1.54, 1.807) is 18.2 Å². The predicted octanol–water partition coefficient (Wildman–Crippen LogP) is 4.23. The number of benzene rings is 2. The second-order valence-electron chi connectivity index (χ2n) is 5.99. The standard InChI is InChI=1S/C19H16ClN3O2S/c20-15-5-8-17(9-6-15)26(24,25)22-16-7-10-19(21-13-16)23-12-11-14-3-1-2-4-18(14)23/h1-10,13,22H,11-12H2. The molecular formula is C19H16ClN3O2S. The van der Waals surface area contributed by atoms with E-state index in [9.17, 15) is 8.42 Å². The number of rotatable bonds is 4. The van der Waals surface area contributed by atoms with Crippen LogP contribution in [0.1, 0.15) is 5.56 Å². The molecule has 0 fully saturated rings. The molecule has 0 saturated carbocycles. The number of nitrogens with zero attached hydrogens (tertiary/aromatic N) is 2. The van der Waals surface area contributed by atoms with Gasteiger partial charge in [0.2, 0.25) is 0 Å². The van der Waals surface area contributed by atoms with Crippen LogP contribution in [0.25, 0.3) is 0 Å². The van der Waals surface area contributed by atoms with E-state index in [0.717, 1.165) is 24.5 Å². The van der Waals surface area contributed by atoms with Gasteiger partial charge in [0.25, 0.3) is 10.0 Å². The third-order valence-electron chi connectivity index (χ3n) is 4.29. The summed E-state index contributed by atoms with van der Waals surface area (Å²) < 4.78 is 27.4. The first-order valence-electron chi connectivity index (χ1n) is 8.13. The van der Waals surface area contributed by atoms with Gasteiger partial charge in [-0.3, -0.25) is 4.72 Å². The number of nitrogens with one attached hydrogen (secondary N) is 1. The number of para-hydroxylation sites is 1. The topological polar surface area (TPSA) is 62.3 Å². The number of anilines is 3. The van der Waals surface area contributed by atoms with Crippen LogP contribution in [-0.2, 0) is 16.4 Å². The number of fused-ring (bicyclic) bond motifs is 1. The van der Waals surface area contributed by atoms with Crippen molar-refractivity contribution in [1.29, 1.82) is 0 Å². The highest BCUT2D eigenvalue weighted by Gasteiger charge is 2.21. The molecule has 5 nitrogen and oxygen atoms in total. The van der Waals surface area contributed by atoms with Gasteiger partial charge in [-0.05, 0) is 54.4 Å². The number of hydrogen-bond acceptors (Lipinski definition) is 4. The Morgan fingerprint density at radius 3 is 2.50 bits per heavy atom. The zero-order valence-electron chi connectivity index (χ0n) is 13.8. The lowest BCUT2D eigenvalue weighted by Gasteiger charge is -2.18. The lowest BCUT2D eigenvalue weighted by atomic mass is 10.2. The predicted molar refractivity (Wildman–Crippen MR) is 104 cm³/mol. The average molecular weight is 386 g/mol. The first-order valence-corrected chi connectivity index (χ1v) is 9.99. The van der Waals surface area contributed by atoms with Gasteiger partial charge in [-0.2, -0.15) is 0 Å². The summed E-state index contributed by atoms with van der Waals surface area (Å²) in [5, 5.41) is 0.487. The third-order valence-corrected chi connectivity index (χ3v) is 5.94. The van der Waals surface area contributed by atoms with Crippen molar-refractivity contribution in [2.75, 3.05) is 16.2 Å². The van der Waals surface area contributed by atoms with E-state index >= 15 is 0 Å². The normalized spacial score (nSPS) is 13.5. The molecule has 0 aliphatic carbocycles. The van der Waals surface area contributed by atoms with Crippen molar-refractivity contribution < 1.29 is 8.42 Å². The molecule has 26 heavy (non-hydrogen) atoms. The zero-order chi connectivity index (χ0) is 18.1. The van der Waals surface area contributed by atoms with Crippen LogP contribution in [-0.4, -0.2) is 19.9 Å². The summed E-state index contributed by atoms with van der Waals surface area (Å²) in [5.74, 6) is 0.796. The summed E-state index contributed by atoms with van der Waals surface area (Å²) in [4.78, 5) is 6.71. The summed E-state index contributed by atoms with van der Waals surface area (Å²) in [6.07, 6.45) is 2.51. The first-order chi connectivity index (χ1) is 12.5. The minimum Gasteiger partial charge on any atom is -0.326 e. The number of halogens is 1. The molecule has 1 N–H and O–H groups in total. The Morgan fingerprint density at radius 2 is 1.77 bits per heavy atom. The van der Waals surface area contributed by atoms with E-state index in [2.05, 4.69) is 26.7 Å². The molecule has 0 radical (unpaired) electrons. The monoisotopic (exact) mass is 385 g/mol. The van der Waals surface area contributed by atoms with Gasteiger partial charge in [-0.1, -0.05) is 29.8 Å². The van der Waals surface area contributed by atoms with Gasteiger partial charge in [-0.15, -0.1) is 0 Å². The van der Waals surface area contributed by atoms with Crippen LogP contribution in [0.2, 0.25) is 5.02 Å². The van der Waals surface area contributed by atoms with Crippen molar-refractivity contribution in [2.45, 2.75) is 11.3 Å². The molecule has 0 atom stereocenters. The number of pyridine rings is 1. The van der Waals surface area contributed by atoms with E-state index in [4.69, 9.17) is 11.6 Å². The summed E-state index contributed by atoms with van der Waals surface area (Å²) in [5.41, 5.74) is 2.85. The van der Waals surface area contributed by atoms with E-state index in [1.807, 2.05) is 18.2 Å². The fourth-order valence-electron chi connectivity index (χ4n) is 3.01. The summed E-state index contributed by atoms with van der Waals surface area (Å²) >= 11 is 5.81. The highest BCUT2D eigenvalue weighted by atomic mass is 35.5. The van der Waals surface area contributed by atoms with Crippen molar-refractivity contribution in [1.82, 2.24) is 4.98 Å². The SMILES string of the molecule is O=S(=O)(Nc1ccc(N2CCc3ccccc32)nc1)c1ccc(Cl)cc1. The lowest BCUT2D eigenvalue weighted by molar-refractivity contribution is 0.601. The minimum atomic E-state index is -3.67. The Kier molecular flexibility index (Phi) is 4.30. The number of hydrogen-bond donors (Lipinski definition) is 1. The van der Waals surface area contributed by atoms with E-state index in [1.165, 1.54) is 23.9 Å². The second kappa shape index (κ2) is 6.63. The molecule has 0 spiro atoms. The highest BCUT2D eigenvalue weighted by molar-refractivity contribution is 7.92. The molecular weight excluding hydrogens is 370 g/mol. The maximum atomic E-state index is 12.4. The molecule has 4 rings (SSSR count). The van der Waals surface area contributed by atoms with Crippen molar-refractivity contribution in [3.63, 3.8) is 0 Å². The van der Waals surface area contributed by atoms with E-state index in [0.29, 0.717) is 10.7 Å². The Morgan fingerprint density at radius 1 is 1.00 bits per heavy atom. The maximum Gasteiger partial charge on any atom is 0.261 e. The molecule has 3 aromatic rings. The van der Waals surface area contributed by atoms with Gasteiger partial charge >= 0.3 is 0 Å². The van der Waals surface area contributed by atoms with Crippen molar-refractivity contribution >= 4 is 38.8 Å². The fourth-order valence-corrected chi connectivity index (χ4v) is 4.18. The molecule has 132 valence electrons. The molecule has 2 aromatic carbocycles. The van der Waals surface area contributed by atoms with Crippen molar-refractivity contribution in [3.05, 3.63) is 77.4 Å². The Labute approximate surface area is 157 Å². The largest absolute Gasteiger partial charge is 0.326 e. The van der Waals surface area contributed by atoms with Crippen LogP contribution in [0.5, 0.6) is 0 Å². The fraction of sp³-hybridized carbons (Fsp3) is 0.105. The highest BCUT2D eigenvalue weighted by Crippen LogP contribution is 2.33. The van der Waals surface area contributed by atoms with Gasteiger partial charge < -0.3 is 4.90 Å². The van der Waals surface area contributed by atoms with Crippen LogP contribution in [0.15, 0.2) is 71.8 Å². The molecule has 1 aliphatic heterocycles. The quantitative estimate of drug-likeness (QED) is 0.730. The summed E-state index contributed by atoms with van der Waals surface area (Å²) in [6.45, 7) is 0.863. The lowest BCUT2D eigenvalue weighted by Crippen LogP contribution is -2.16. The van der Waals surface area contributed by atoms with E-state index < -0.39 is 10.0 Å². The van der Waals surface area contributed by atoms with Gasteiger partial charge in [-0.25, -0.2) is 13.4 Å². The molecule has 0 amide bonds. The van der Waals surface area contributed by atoms with Gasteiger partial charge in [0, 0.05) is 17.3 Å². The van der Waals surface area contributed by atoms with Crippen LogP contribution in [0.4, 0.5) is 17.2 Å². The Balaban J connectivity index is 1.54. The first kappa shape index (κ1) is 16.9. The van der Waals surface area contributed by atoms with E-state index in [-0.39, 0.29) is 4.90 Å². The zero-order valence-corrected chi connectivity index (χ0v) is 15.3. The van der Waals surface area contributed by atoms with Gasteiger partial charge in [0.15, 0.2) is 0 Å². The summed E-state index contributed by atoms with van der Waals surface area (Å²) in [7, 11) is -3.67. The second-order valence-corrected chi connectivity index (χ2v) is 8.11. The van der Waals surface area contributed by atoms with Crippen molar-refractivity contribution in [2.24, 2.45) is 0 Å². The molecule has 0 bridgehead atoms. The smallest absolute Gasteiger partial charge is 0.261 e. The number of sulfonamides is 1. The van der Waals surface area contributed by atoms with Crippen LogP contribution in [0, 0.1) is 0 Å². The molecule has 0 saturated heterocycles. The average Bonchev–Trinajstić information content (AvgIpc) is 3.07. The molecule has 0 unspecified atom stereocenters. The Bertz CT molecular complexity index is 1040.